The summed E-state index contributed by atoms with van der Waals surface area (Å²) in [4.78, 5) is 19.1. The molecule has 0 aliphatic carbocycles. The highest BCUT2D eigenvalue weighted by Gasteiger charge is 2.06. The first-order valence-electron chi connectivity index (χ1n) is 5.82. The predicted octanol–water partition coefficient (Wildman–Crippen LogP) is 1.02. The molecule has 0 atom stereocenters. The zero-order valence-electron chi connectivity index (χ0n) is 10.2. The first-order chi connectivity index (χ1) is 9.16. The maximum absolute atomic E-state index is 11.9. The number of H-pyrrole nitrogens is 1. The number of amides is 1. The van der Waals surface area contributed by atoms with Crippen LogP contribution in [0.4, 0.5) is 0 Å². The van der Waals surface area contributed by atoms with Gasteiger partial charge in [-0.25, -0.2) is 4.98 Å². The molecule has 1 aromatic carbocycles. The number of nitrogens with zero attached hydrogens (tertiary/aromatic N) is 1. The Morgan fingerprint density at radius 1 is 1.42 bits per heavy atom. The summed E-state index contributed by atoms with van der Waals surface area (Å²) in [7, 11) is 0. The molecule has 0 aliphatic heterocycles. The highest BCUT2D eigenvalue weighted by molar-refractivity contribution is 7.80. The third-order valence-corrected chi connectivity index (χ3v) is 2.88. The Balaban J connectivity index is 1.92. The second-order valence-corrected chi connectivity index (χ2v) is 4.47. The molecule has 2 rings (SSSR count). The number of imidazole rings is 1. The molecular weight excluding hydrogens is 260 g/mol. The lowest BCUT2D eigenvalue weighted by atomic mass is 10.1. The number of hydrogen-bond donors (Lipinski definition) is 3. The van der Waals surface area contributed by atoms with E-state index in [1.807, 2.05) is 0 Å². The van der Waals surface area contributed by atoms with Crippen molar-refractivity contribution in [1.82, 2.24) is 15.3 Å². The number of nitrogens with two attached hydrogens (primary N) is 1. The van der Waals surface area contributed by atoms with E-state index in [1.165, 1.54) is 0 Å². The van der Waals surface area contributed by atoms with Crippen LogP contribution in [0.3, 0.4) is 0 Å². The van der Waals surface area contributed by atoms with E-state index in [4.69, 9.17) is 18.0 Å². The van der Waals surface area contributed by atoms with E-state index in [-0.39, 0.29) is 10.9 Å². The van der Waals surface area contributed by atoms with Crippen molar-refractivity contribution in [2.75, 3.05) is 6.54 Å². The molecule has 0 spiro atoms. The first kappa shape index (κ1) is 13.2. The molecule has 98 valence electrons. The molecule has 6 heteroatoms. The average Bonchev–Trinajstić information content (AvgIpc) is 2.92. The maximum atomic E-state index is 11.9. The van der Waals surface area contributed by atoms with Crippen LogP contribution in [0.25, 0.3) is 0 Å². The number of carbonyl (C=O) groups is 1. The van der Waals surface area contributed by atoms with Gasteiger partial charge in [0.05, 0.1) is 6.33 Å². The Kier molecular flexibility index (Phi) is 4.25. The van der Waals surface area contributed by atoms with Crippen molar-refractivity contribution >= 4 is 23.1 Å². The third-order valence-electron chi connectivity index (χ3n) is 2.64. The van der Waals surface area contributed by atoms with Gasteiger partial charge >= 0.3 is 0 Å². The summed E-state index contributed by atoms with van der Waals surface area (Å²) in [6, 6.07) is 6.96. The van der Waals surface area contributed by atoms with Gasteiger partial charge in [-0.1, -0.05) is 24.4 Å². The number of nitrogens with one attached hydrogen (secondary N) is 2. The number of carbonyl (C=O) groups excluding carboxylic acids is 1. The fourth-order valence-electron chi connectivity index (χ4n) is 1.65. The Morgan fingerprint density at radius 3 is 2.89 bits per heavy atom. The summed E-state index contributed by atoms with van der Waals surface area (Å²) in [6.07, 6.45) is 4.06. The fraction of sp³-hybridized carbons (Fsp3) is 0.154. The van der Waals surface area contributed by atoms with Gasteiger partial charge in [0.25, 0.3) is 5.91 Å². The van der Waals surface area contributed by atoms with E-state index >= 15 is 0 Å². The number of thiocarbonyl (C=S) groups is 1. The highest BCUT2D eigenvalue weighted by Crippen LogP contribution is 2.05. The number of benzene rings is 1. The van der Waals surface area contributed by atoms with Gasteiger partial charge in [-0.2, -0.15) is 0 Å². The van der Waals surface area contributed by atoms with Gasteiger partial charge in [-0.05, 0) is 12.1 Å². The number of aromatic amines is 1. The summed E-state index contributed by atoms with van der Waals surface area (Å²) in [5.74, 6) is -0.141. The van der Waals surface area contributed by atoms with Crippen LogP contribution < -0.4 is 11.1 Å². The first-order valence-corrected chi connectivity index (χ1v) is 6.23. The van der Waals surface area contributed by atoms with Crippen LogP contribution >= 0.6 is 12.2 Å². The van der Waals surface area contributed by atoms with Gasteiger partial charge in [0.15, 0.2) is 0 Å². The van der Waals surface area contributed by atoms with Crippen molar-refractivity contribution in [3.05, 3.63) is 53.6 Å². The van der Waals surface area contributed by atoms with Crippen molar-refractivity contribution in [2.24, 2.45) is 5.73 Å². The molecule has 4 N–H and O–H groups in total. The summed E-state index contributed by atoms with van der Waals surface area (Å²) in [5, 5.41) is 2.83. The Labute approximate surface area is 116 Å². The number of rotatable bonds is 5. The summed E-state index contributed by atoms with van der Waals surface area (Å²) in [6.45, 7) is 0.540. The maximum Gasteiger partial charge on any atom is 0.251 e. The highest BCUT2D eigenvalue weighted by atomic mass is 32.1. The number of aromatic nitrogens is 2. The van der Waals surface area contributed by atoms with E-state index in [9.17, 15) is 4.79 Å². The lowest BCUT2D eigenvalue weighted by Crippen LogP contribution is -2.26. The summed E-state index contributed by atoms with van der Waals surface area (Å²) >= 11 is 4.88. The zero-order valence-corrected chi connectivity index (χ0v) is 11.0. The van der Waals surface area contributed by atoms with Crippen LogP contribution in [-0.4, -0.2) is 27.4 Å². The fourth-order valence-corrected chi connectivity index (χ4v) is 1.77. The minimum atomic E-state index is -0.141. The van der Waals surface area contributed by atoms with Crippen LogP contribution in [0, 0.1) is 0 Å². The molecular formula is C13H14N4OS. The van der Waals surface area contributed by atoms with Crippen molar-refractivity contribution < 1.29 is 4.79 Å². The Bertz CT molecular complexity index is 580. The second kappa shape index (κ2) is 6.10. The largest absolute Gasteiger partial charge is 0.389 e. The SMILES string of the molecule is NC(=S)c1cccc(C(=O)NCCc2cnc[nH]2)c1. The van der Waals surface area contributed by atoms with Crippen LogP contribution in [0.1, 0.15) is 21.6 Å². The average molecular weight is 274 g/mol. The van der Waals surface area contributed by atoms with E-state index in [1.54, 1.807) is 36.8 Å². The van der Waals surface area contributed by atoms with Gasteiger partial charge < -0.3 is 16.0 Å². The minimum Gasteiger partial charge on any atom is -0.389 e. The summed E-state index contributed by atoms with van der Waals surface area (Å²) < 4.78 is 0. The zero-order chi connectivity index (χ0) is 13.7. The molecule has 2 aromatic rings. The van der Waals surface area contributed by atoms with Gasteiger partial charge in [0.2, 0.25) is 0 Å². The summed E-state index contributed by atoms with van der Waals surface area (Å²) in [5.41, 5.74) is 7.76. The monoisotopic (exact) mass is 274 g/mol. The van der Waals surface area contributed by atoms with E-state index in [0.717, 1.165) is 5.69 Å². The molecule has 19 heavy (non-hydrogen) atoms. The third kappa shape index (κ3) is 3.62. The van der Waals surface area contributed by atoms with Gasteiger partial charge in [0.1, 0.15) is 4.99 Å². The lowest BCUT2D eigenvalue weighted by molar-refractivity contribution is 0.0954. The normalized spacial score (nSPS) is 10.1. The number of hydrogen-bond acceptors (Lipinski definition) is 3. The van der Waals surface area contributed by atoms with Gasteiger partial charge in [0, 0.05) is 36.0 Å². The molecule has 0 aliphatic rings. The van der Waals surface area contributed by atoms with Crippen LogP contribution in [0.5, 0.6) is 0 Å². The Morgan fingerprint density at radius 2 is 2.21 bits per heavy atom. The van der Waals surface area contributed by atoms with Crippen LogP contribution in [0.15, 0.2) is 36.8 Å². The molecule has 0 saturated heterocycles. The molecule has 0 fully saturated rings. The van der Waals surface area contributed by atoms with Crippen LogP contribution in [-0.2, 0) is 6.42 Å². The molecule has 0 radical (unpaired) electrons. The van der Waals surface area contributed by atoms with Crippen molar-refractivity contribution in [3.63, 3.8) is 0 Å². The standard InChI is InChI=1S/C13H14N4OS/c14-12(19)9-2-1-3-10(6-9)13(18)16-5-4-11-7-15-8-17-11/h1-3,6-8H,4-5H2,(H2,14,19)(H,15,17)(H,16,18). The Hall–Kier alpha value is -2.21. The van der Waals surface area contributed by atoms with Crippen molar-refractivity contribution in [3.8, 4) is 0 Å². The molecule has 5 nitrogen and oxygen atoms in total. The quantitative estimate of drug-likeness (QED) is 0.711. The van der Waals surface area contributed by atoms with Gasteiger partial charge in [-0.15, -0.1) is 0 Å². The van der Waals surface area contributed by atoms with Crippen LogP contribution in [0.2, 0.25) is 0 Å². The topological polar surface area (TPSA) is 83.8 Å². The van der Waals surface area contributed by atoms with E-state index < -0.39 is 0 Å². The molecule has 0 bridgehead atoms. The van der Waals surface area contributed by atoms with Crippen molar-refractivity contribution in [1.29, 1.82) is 0 Å². The van der Waals surface area contributed by atoms with E-state index in [2.05, 4.69) is 15.3 Å². The predicted molar refractivity (Wildman–Crippen MR) is 77.0 cm³/mol. The van der Waals surface area contributed by atoms with Gasteiger partial charge in [-0.3, -0.25) is 4.79 Å². The lowest BCUT2D eigenvalue weighted by Gasteiger charge is -2.06. The molecule has 1 amide bonds. The second-order valence-electron chi connectivity index (χ2n) is 4.03. The van der Waals surface area contributed by atoms with E-state index in [0.29, 0.717) is 24.1 Å². The van der Waals surface area contributed by atoms with Crippen molar-refractivity contribution in [2.45, 2.75) is 6.42 Å². The minimum absolute atomic E-state index is 0.141. The molecule has 0 saturated carbocycles. The molecule has 0 unspecified atom stereocenters. The molecule has 1 aromatic heterocycles. The molecule has 1 heterocycles. The smallest absolute Gasteiger partial charge is 0.251 e.